The quantitative estimate of drug-likeness (QED) is 0.867. The zero-order valence-corrected chi connectivity index (χ0v) is 11.5. The standard InChI is InChI=1S/C14H17N3O4/c15-7-10-8-17(14(19)21-10)12-4-2-1-3-11(12)16-5-6-20-9-13(16)18/h1-4,10H,5-9,15H2. The Morgan fingerprint density at radius 2 is 1.90 bits per heavy atom. The first-order valence-electron chi connectivity index (χ1n) is 6.86. The molecular weight excluding hydrogens is 274 g/mol. The van der Waals surface area contributed by atoms with Crippen molar-refractivity contribution in [3.8, 4) is 0 Å². The molecule has 21 heavy (non-hydrogen) atoms. The van der Waals surface area contributed by atoms with Gasteiger partial charge in [0.2, 0.25) is 0 Å². The van der Waals surface area contributed by atoms with E-state index in [4.69, 9.17) is 15.2 Å². The highest BCUT2D eigenvalue weighted by Crippen LogP contribution is 2.32. The van der Waals surface area contributed by atoms with E-state index in [1.54, 1.807) is 11.0 Å². The molecule has 1 unspecified atom stereocenters. The van der Waals surface area contributed by atoms with Crippen LogP contribution >= 0.6 is 0 Å². The maximum atomic E-state index is 12.0. The molecule has 0 bridgehead atoms. The van der Waals surface area contributed by atoms with Crippen LogP contribution in [0.1, 0.15) is 0 Å². The largest absolute Gasteiger partial charge is 0.443 e. The molecule has 1 aromatic rings. The summed E-state index contributed by atoms with van der Waals surface area (Å²) in [5, 5.41) is 0. The van der Waals surface area contributed by atoms with Crippen LogP contribution in [0.3, 0.4) is 0 Å². The molecule has 0 saturated carbocycles. The second kappa shape index (κ2) is 5.71. The number of nitrogens with two attached hydrogens (primary N) is 1. The Balaban J connectivity index is 1.93. The smallest absolute Gasteiger partial charge is 0.414 e. The number of hydrogen-bond donors (Lipinski definition) is 1. The van der Waals surface area contributed by atoms with Crippen LogP contribution in [0, 0.1) is 0 Å². The van der Waals surface area contributed by atoms with Gasteiger partial charge in [-0.1, -0.05) is 12.1 Å². The fourth-order valence-electron chi connectivity index (χ4n) is 2.53. The number of anilines is 2. The van der Waals surface area contributed by atoms with Gasteiger partial charge in [0, 0.05) is 13.1 Å². The van der Waals surface area contributed by atoms with Gasteiger partial charge in [0.1, 0.15) is 12.7 Å². The lowest BCUT2D eigenvalue weighted by molar-refractivity contribution is -0.125. The van der Waals surface area contributed by atoms with E-state index < -0.39 is 6.09 Å². The molecule has 2 amide bonds. The van der Waals surface area contributed by atoms with Crippen molar-refractivity contribution < 1.29 is 19.1 Å². The summed E-state index contributed by atoms with van der Waals surface area (Å²) in [6, 6.07) is 7.29. The maximum Gasteiger partial charge on any atom is 0.414 e. The normalized spacial score (nSPS) is 22.6. The third-order valence-corrected chi connectivity index (χ3v) is 3.59. The molecule has 2 aliphatic rings. The van der Waals surface area contributed by atoms with Gasteiger partial charge in [0.15, 0.2) is 0 Å². The Morgan fingerprint density at radius 3 is 2.52 bits per heavy atom. The Bertz CT molecular complexity index is 563. The summed E-state index contributed by atoms with van der Waals surface area (Å²) in [6.45, 7) is 1.69. The lowest BCUT2D eigenvalue weighted by Crippen LogP contribution is -2.42. The van der Waals surface area contributed by atoms with Gasteiger partial charge in [-0.2, -0.15) is 0 Å². The molecule has 2 heterocycles. The van der Waals surface area contributed by atoms with E-state index in [2.05, 4.69) is 0 Å². The van der Waals surface area contributed by atoms with E-state index in [1.807, 2.05) is 18.2 Å². The van der Waals surface area contributed by atoms with Crippen molar-refractivity contribution in [2.45, 2.75) is 6.10 Å². The number of ether oxygens (including phenoxy) is 2. The van der Waals surface area contributed by atoms with E-state index >= 15 is 0 Å². The SMILES string of the molecule is NCC1CN(c2ccccc2N2CCOCC2=O)C(=O)O1. The fourth-order valence-corrected chi connectivity index (χ4v) is 2.53. The van der Waals surface area contributed by atoms with Crippen molar-refractivity contribution in [2.75, 3.05) is 42.6 Å². The zero-order chi connectivity index (χ0) is 14.8. The molecule has 0 spiro atoms. The molecule has 3 rings (SSSR count). The van der Waals surface area contributed by atoms with Crippen molar-refractivity contribution >= 4 is 23.4 Å². The molecule has 2 aliphatic heterocycles. The molecule has 1 aromatic carbocycles. The number of amides is 2. The minimum Gasteiger partial charge on any atom is -0.443 e. The highest BCUT2D eigenvalue weighted by Gasteiger charge is 2.34. The van der Waals surface area contributed by atoms with Crippen LogP contribution in [0.5, 0.6) is 0 Å². The predicted octanol–water partition coefficient (Wildman–Crippen LogP) is 0.334. The van der Waals surface area contributed by atoms with Crippen LogP contribution in [0.15, 0.2) is 24.3 Å². The summed E-state index contributed by atoms with van der Waals surface area (Å²) in [5.74, 6) is -0.114. The molecule has 7 nitrogen and oxygen atoms in total. The van der Waals surface area contributed by atoms with Crippen LogP contribution in [-0.4, -0.2) is 51.0 Å². The van der Waals surface area contributed by atoms with Crippen molar-refractivity contribution in [1.82, 2.24) is 0 Å². The lowest BCUT2D eigenvalue weighted by Gasteiger charge is -2.30. The predicted molar refractivity (Wildman–Crippen MR) is 76.3 cm³/mol. The summed E-state index contributed by atoms with van der Waals surface area (Å²) < 4.78 is 10.3. The number of benzene rings is 1. The first-order valence-corrected chi connectivity index (χ1v) is 6.86. The van der Waals surface area contributed by atoms with E-state index in [1.165, 1.54) is 4.90 Å². The monoisotopic (exact) mass is 291 g/mol. The van der Waals surface area contributed by atoms with Crippen molar-refractivity contribution in [2.24, 2.45) is 5.73 Å². The number of nitrogens with zero attached hydrogens (tertiary/aromatic N) is 2. The molecule has 2 N–H and O–H groups in total. The van der Waals surface area contributed by atoms with E-state index in [9.17, 15) is 9.59 Å². The average Bonchev–Trinajstić information content (AvgIpc) is 2.89. The summed E-state index contributed by atoms with van der Waals surface area (Å²) in [7, 11) is 0. The van der Waals surface area contributed by atoms with Gasteiger partial charge in [-0.05, 0) is 12.1 Å². The molecule has 2 fully saturated rings. The molecule has 112 valence electrons. The minimum atomic E-state index is -0.432. The fraction of sp³-hybridized carbons (Fsp3) is 0.429. The van der Waals surface area contributed by atoms with Crippen molar-refractivity contribution in [1.29, 1.82) is 0 Å². The summed E-state index contributed by atoms with van der Waals surface area (Å²) in [6.07, 6.45) is -0.746. The minimum absolute atomic E-state index is 0.0597. The second-order valence-electron chi connectivity index (χ2n) is 4.94. The Hall–Kier alpha value is -2.12. The molecule has 0 aliphatic carbocycles. The second-order valence-corrected chi connectivity index (χ2v) is 4.94. The summed E-state index contributed by atoms with van der Waals surface area (Å²) in [4.78, 5) is 27.2. The topological polar surface area (TPSA) is 85.1 Å². The Labute approximate surface area is 122 Å². The third-order valence-electron chi connectivity index (χ3n) is 3.59. The molecule has 0 aromatic heterocycles. The number of hydrogen-bond acceptors (Lipinski definition) is 5. The number of rotatable bonds is 3. The molecule has 0 radical (unpaired) electrons. The van der Waals surface area contributed by atoms with Gasteiger partial charge in [-0.3, -0.25) is 9.69 Å². The van der Waals surface area contributed by atoms with Gasteiger partial charge in [0.05, 0.1) is 24.5 Å². The molecule has 7 heteroatoms. The third kappa shape index (κ3) is 2.57. The number of morpholine rings is 1. The number of cyclic esters (lactones) is 1. The number of para-hydroxylation sites is 2. The van der Waals surface area contributed by atoms with Gasteiger partial charge in [-0.25, -0.2) is 4.79 Å². The Morgan fingerprint density at radius 1 is 1.19 bits per heavy atom. The molecule has 2 saturated heterocycles. The number of carbonyl (C=O) groups excluding carboxylic acids is 2. The highest BCUT2D eigenvalue weighted by atomic mass is 16.6. The van der Waals surface area contributed by atoms with Crippen LogP contribution < -0.4 is 15.5 Å². The first-order chi connectivity index (χ1) is 10.2. The zero-order valence-electron chi connectivity index (χ0n) is 11.5. The van der Waals surface area contributed by atoms with Gasteiger partial charge in [0.25, 0.3) is 5.91 Å². The summed E-state index contributed by atoms with van der Waals surface area (Å²) in [5.41, 5.74) is 6.91. The number of carbonyl (C=O) groups is 2. The Kier molecular flexibility index (Phi) is 3.76. The molecular formula is C14H17N3O4. The van der Waals surface area contributed by atoms with Crippen LogP contribution in [0.2, 0.25) is 0 Å². The van der Waals surface area contributed by atoms with E-state index in [0.29, 0.717) is 31.1 Å². The highest BCUT2D eigenvalue weighted by molar-refractivity contribution is 6.01. The van der Waals surface area contributed by atoms with Crippen LogP contribution in [0.25, 0.3) is 0 Å². The maximum absolute atomic E-state index is 12.0. The van der Waals surface area contributed by atoms with Crippen LogP contribution in [-0.2, 0) is 14.3 Å². The lowest BCUT2D eigenvalue weighted by atomic mass is 10.2. The van der Waals surface area contributed by atoms with Crippen LogP contribution in [0.4, 0.5) is 16.2 Å². The van der Waals surface area contributed by atoms with Gasteiger partial charge < -0.3 is 20.1 Å². The van der Waals surface area contributed by atoms with Crippen molar-refractivity contribution in [3.05, 3.63) is 24.3 Å². The first kappa shape index (κ1) is 13.8. The van der Waals surface area contributed by atoms with Crippen molar-refractivity contribution in [3.63, 3.8) is 0 Å². The summed E-state index contributed by atoms with van der Waals surface area (Å²) >= 11 is 0. The average molecular weight is 291 g/mol. The van der Waals surface area contributed by atoms with Gasteiger partial charge >= 0.3 is 6.09 Å². The van der Waals surface area contributed by atoms with Gasteiger partial charge in [-0.15, -0.1) is 0 Å². The van der Waals surface area contributed by atoms with E-state index in [0.717, 1.165) is 0 Å². The molecule has 1 atom stereocenters. The van der Waals surface area contributed by atoms with E-state index in [-0.39, 0.29) is 25.2 Å².